The van der Waals surface area contributed by atoms with Crippen LogP contribution in [0.1, 0.15) is 36.2 Å². The molecule has 126 valence electrons. The standard InChI is InChI=1S/C17H25N3O3/c1-4-19(5-2)17(23)14-9-12(18)10-20(14)16(22)13-8-6-7-11(3)15(13)21/h6-8,12,14,21H,4-5,9-10,18H2,1-3H3/t12-,14+/m1/s1. The first-order valence-corrected chi connectivity index (χ1v) is 8.04. The molecule has 1 fully saturated rings. The number of likely N-dealkylation sites (N-methyl/N-ethyl adjacent to an activating group) is 1. The van der Waals surface area contributed by atoms with Crippen LogP contribution in [0.4, 0.5) is 0 Å². The Kier molecular flexibility index (Phi) is 5.26. The largest absolute Gasteiger partial charge is 0.507 e. The number of benzene rings is 1. The van der Waals surface area contributed by atoms with Gasteiger partial charge in [-0.1, -0.05) is 12.1 Å². The maximum atomic E-state index is 12.8. The Labute approximate surface area is 136 Å². The number of aromatic hydroxyl groups is 1. The average Bonchev–Trinajstić information content (AvgIpc) is 2.92. The van der Waals surface area contributed by atoms with Crippen molar-refractivity contribution < 1.29 is 14.7 Å². The van der Waals surface area contributed by atoms with Gasteiger partial charge in [-0.15, -0.1) is 0 Å². The molecule has 0 aromatic heterocycles. The predicted octanol–water partition coefficient (Wildman–Crippen LogP) is 1.11. The van der Waals surface area contributed by atoms with Crippen LogP contribution in [0.2, 0.25) is 0 Å². The SMILES string of the molecule is CCN(CC)C(=O)[C@@H]1C[C@@H](N)CN1C(=O)c1cccc(C)c1O. The maximum Gasteiger partial charge on any atom is 0.258 e. The van der Waals surface area contributed by atoms with Crippen molar-refractivity contribution in [3.8, 4) is 5.75 Å². The summed E-state index contributed by atoms with van der Waals surface area (Å²) in [6.07, 6.45) is 0.452. The van der Waals surface area contributed by atoms with E-state index < -0.39 is 6.04 Å². The van der Waals surface area contributed by atoms with Gasteiger partial charge in [-0.05, 0) is 38.8 Å². The van der Waals surface area contributed by atoms with E-state index >= 15 is 0 Å². The Bertz CT molecular complexity index is 599. The van der Waals surface area contributed by atoms with Crippen LogP contribution in [0.3, 0.4) is 0 Å². The van der Waals surface area contributed by atoms with Gasteiger partial charge in [0.05, 0.1) is 5.56 Å². The van der Waals surface area contributed by atoms with Crippen LogP contribution in [-0.4, -0.2) is 58.4 Å². The molecule has 2 rings (SSSR count). The Balaban J connectivity index is 2.30. The minimum Gasteiger partial charge on any atom is -0.507 e. The number of likely N-dealkylation sites (tertiary alicyclic amines) is 1. The summed E-state index contributed by atoms with van der Waals surface area (Å²) in [6, 6.07) is 4.25. The second-order valence-corrected chi connectivity index (χ2v) is 5.95. The molecule has 1 heterocycles. The van der Waals surface area contributed by atoms with E-state index in [1.807, 2.05) is 13.8 Å². The molecule has 2 amide bonds. The van der Waals surface area contributed by atoms with Gasteiger partial charge in [0.25, 0.3) is 5.91 Å². The van der Waals surface area contributed by atoms with Gasteiger partial charge in [-0.25, -0.2) is 0 Å². The zero-order chi connectivity index (χ0) is 17.1. The van der Waals surface area contributed by atoms with Crippen molar-refractivity contribution >= 4 is 11.8 Å². The number of carbonyl (C=O) groups excluding carboxylic acids is 2. The van der Waals surface area contributed by atoms with E-state index in [4.69, 9.17) is 5.73 Å². The van der Waals surface area contributed by atoms with Gasteiger partial charge < -0.3 is 20.6 Å². The number of para-hydroxylation sites is 1. The fraction of sp³-hybridized carbons (Fsp3) is 0.529. The number of hydrogen-bond acceptors (Lipinski definition) is 4. The molecular weight excluding hydrogens is 294 g/mol. The van der Waals surface area contributed by atoms with Crippen molar-refractivity contribution in [1.29, 1.82) is 0 Å². The normalized spacial score (nSPS) is 20.6. The van der Waals surface area contributed by atoms with Crippen LogP contribution in [0.15, 0.2) is 18.2 Å². The molecule has 23 heavy (non-hydrogen) atoms. The number of nitrogens with two attached hydrogens (primary N) is 1. The molecule has 0 spiro atoms. The highest BCUT2D eigenvalue weighted by Crippen LogP contribution is 2.27. The zero-order valence-electron chi connectivity index (χ0n) is 14.0. The molecule has 0 radical (unpaired) electrons. The highest BCUT2D eigenvalue weighted by atomic mass is 16.3. The van der Waals surface area contributed by atoms with E-state index in [-0.39, 0.29) is 29.2 Å². The first-order chi connectivity index (χ1) is 10.9. The molecule has 0 unspecified atom stereocenters. The topological polar surface area (TPSA) is 86.9 Å². The summed E-state index contributed by atoms with van der Waals surface area (Å²) in [7, 11) is 0. The molecule has 1 aliphatic rings. The van der Waals surface area contributed by atoms with Gasteiger partial charge in [-0.3, -0.25) is 9.59 Å². The molecule has 3 N–H and O–H groups in total. The quantitative estimate of drug-likeness (QED) is 0.870. The van der Waals surface area contributed by atoms with E-state index in [0.717, 1.165) is 0 Å². The molecule has 1 aliphatic heterocycles. The van der Waals surface area contributed by atoms with E-state index in [1.165, 1.54) is 4.90 Å². The number of phenolic OH excluding ortho intramolecular Hbond substituents is 1. The van der Waals surface area contributed by atoms with Crippen molar-refractivity contribution in [2.24, 2.45) is 5.73 Å². The first-order valence-electron chi connectivity index (χ1n) is 8.04. The molecule has 6 nitrogen and oxygen atoms in total. The number of aryl methyl sites for hydroxylation is 1. The van der Waals surface area contributed by atoms with E-state index in [9.17, 15) is 14.7 Å². The lowest BCUT2D eigenvalue weighted by atomic mass is 10.1. The Morgan fingerprint density at radius 2 is 2.00 bits per heavy atom. The van der Waals surface area contributed by atoms with E-state index in [2.05, 4.69) is 0 Å². The zero-order valence-corrected chi connectivity index (χ0v) is 14.0. The van der Waals surface area contributed by atoms with Crippen molar-refractivity contribution in [3.63, 3.8) is 0 Å². The predicted molar refractivity (Wildman–Crippen MR) is 88.2 cm³/mol. The third-order valence-electron chi connectivity index (χ3n) is 4.42. The number of rotatable bonds is 4. The molecule has 1 aromatic rings. The summed E-state index contributed by atoms with van der Waals surface area (Å²) in [4.78, 5) is 28.7. The van der Waals surface area contributed by atoms with E-state index in [1.54, 1.807) is 30.0 Å². The first kappa shape index (κ1) is 17.3. The monoisotopic (exact) mass is 319 g/mol. The van der Waals surface area contributed by atoms with Gasteiger partial charge in [0.1, 0.15) is 11.8 Å². The van der Waals surface area contributed by atoms with E-state index in [0.29, 0.717) is 31.6 Å². The van der Waals surface area contributed by atoms with Crippen LogP contribution in [0, 0.1) is 6.92 Å². The summed E-state index contributed by atoms with van der Waals surface area (Å²) in [6.45, 7) is 7.07. The molecule has 0 aliphatic carbocycles. The second-order valence-electron chi connectivity index (χ2n) is 5.95. The average molecular weight is 319 g/mol. The molecule has 0 saturated carbocycles. The fourth-order valence-corrected chi connectivity index (χ4v) is 3.06. The minimum atomic E-state index is -0.558. The van der Waals surface area contributed by atoms with Crippen molar-refractivity contribution in [2.45, 2.75) is 39.3 Å². The maximum absolute atomic E-state index is 12.8. The number of carbonyl (C=O) groups is 2. The number of amides is 2. The third-order valence-corrected chi connectivity index (χ3v) is 4.42. The van der Waals surface area contributed by atoms with Gasteiger partial charge in [0, 0.05) is 25.7 Å². The molecule has 1 aromatic carbocycles. The Morgan fingerprint density at radius 1 is 1.35 bits per heavy atom. The van der Waals surface area contributed by atoms with Crippen molar-refractivity contribution in [1.82, 2.24) is 9.80 Å². The summed E-state index contributed by atoms with van der Waals surface area (Å²) in [5.41, 5.74) is 6.84. The van der Waals surface area contributed by atoms with Gasteiger partial charge in [0.2, 0.25) is 5.91 Å². The number of nitrogens with zero attached hydrogens (tertiary/aromatic N) is 2. The van der Waals surface area contributed by atoms with Crippen molar-refractivity contribution in [2.75, 3.05) is 19.6 Å². The van der Waals surface area contributed by atoms with Crippen LogP contribution in [0.5, 0.6) is 5.75 Å². The highest BCUT2D eigenvalue weighted by molar-refractivity contribution is 6.00. The highest BCUT2D eigenvalue weighted by Gasteiger charge is 2.40. The van der Waals surface area contributed by atoms with Gasteiger partial charge in [0.15, 0.2) is 0 Å². The van der Waals surface area contributed by atoms with Crippen LogP contribution < -0.4 is 5.73 Å². The molecule has 1 saturated heterocycles. The lowest BCUT2D eigenvalue weighted by Gasteiger charge is -2.29. The van der Waals surface area contributed by atoms with Crippen LogP contribution >= 0.6 is 0 Å². The van der Waals surface area contributed by atoms with Gasteiger partial charge in [-0.2, -0.15) is 0 Å². The van der Waals surface area contributed by atoms with Crippen LogP contribution in [-0.2, 0) is 4.79 Å². The molecule has 0 bridgehead atoms. The lowest BCUT2D eigenvalue weighted by molar-refractivity contribution is -0.134. The Hall–Kier alpha value is -2.08. The lowest BCUT2D eigenvalue weighted by Crippen LogP contribution is -2.47. The summed E-state index contributed by atoms with van der Waals surface area (Å²) in [5.74, 6) is -0.458. The molecular formula is C17H25N3O3. The third kappa shape index (κ3) is 3.32. The number of hydrogen-bond donors (Lipinski definition) is 2. The molecule has 6 heteroatoms. The van der Waals surface area contributed by atoms with Crippen LogP contribution in [0.25, 0.3) is 0 Å². The number of phenols is 1. The summed E-state index contributed by atoms with van der Waals surface area (Å²) in [5, 5.41) is 10.1. The smallest absolute Gasteiger partial charge is 0.258 e. The summed E-state index contributed by atoms with van der Waals surface area (Å²) < 4.78 is 0. The molecule has 2 atom stereocenters. The minimum absolute atomic E-state index is 0.0352. The Morgan fingerprint density at radius 3 is 2.61 bits per heavy atom. The summed E-state index contributed by atoms with van der Waals surface area (Å²) >= 11 is 0. The van der Waals surface area contributed by atoms with Gasteiger partial charge >= 0.3 is 0 Å². The second kappa shape index (κ2) is 7.00. The van der Waals surface area contributed by atoms with Crippen molar-refractivity contribution in [3.05, 3.63) is 29.3 Å². The fourth-order valence-electron chi connectivity index (χ4n) is 3.06.